The van der Waals surface area contributed by atoms with Gasteiger partial charge in [0.25, 0.3) is 0 Å². The second-order valence-electron chi connectivity index (χ2n) is 6.23. The molecule has 132 valence electrons. The van der Waals surface area contributed by atoms with Gasteiger partial charge in [-0.05, 0) is 5.56 Å². The molecule has 0 aliphatic heterocycles. The lowest BCUT2D eigenvalue weighted by Gasteiger charge is -2.08. The van der Waals surface area contributed by atoms with Crippen molar-refractivity contribution in [3.8, 4) is 22.6 Å². The quantitative estimate of drug-likeness (QED) is 0.594. The molecular formula is C22H22N2O2. The maximum atomic E-state index is 11.8. The van der Waals surface area contributed by atoms with Gasteiger partial charge < -0.3 is 4.57 Å². The molecule has 0 saturated heterocycles. The van der Waals surface area contributed by atoms with Gasteiger partial charge in [-0.2, -0.15) is 0 Å². The number of hydrogen-bond donors (Lipinski definition) is 0. The Bertz CT molecular complexity index is 858. The standard InChI is InChI=1S/C22H22N2O2/c1-4-20(25)16-8-6-15(7-9-16)19-14-23-22(24(19)3)18-12-10-17(11-13-18)21(26)5-2/h6-14H,4-5H2,1-3H3. The van der Waals surface area contributed by atoms with Crippen LogP contribution in [-0.4, -0.2) is 21.1 Å². The van der Waals surface area contributed by atoms with Gasteiger partial charge in [0.2, 0.25) is 0 Å². The number of benzene rings is 2. The SMILES string of the molecule is CCC(=O)c1ccc(-c2cnc(-c3ccc(C(=O)CC)cc3)n2C)cc1. The highest BCUT2D eigenvalue weighted by Gasteiger charge is 2.12. The van der Waals surface area contributed by atoms with Crippen LogP contribution in [0.1, 0.15) is 47.4 Å². The third-order valence-electron chi connectivity index (χ3n) is 4.60. The number of carbonyl (C=O) groups excluding carboxylic acids is 2. The van der Waals surface area contributed by atoms with Crippen LogP contribution >= 0.6 is 0 Å². The maximum Gasteiger partial charge on any atom is 0.162 e. The Hall–Kier alpha value is -3.01. The van der Waals surface area contributed by atoms with E-state index < -0.39 is 0 Å². The summed E-state index contributed by atoms with van der Waals surface area (Å²) in [7, 11) is 1.97. The van der Waals surface area contributed by atoms with E-state index in [9.17, 15) is 9.59 Å². The van der Waals surface area contributed by atoms with E-state index in [4.69, 9.17) is 0 Å². The van der Waals surface area contributed by atoms with Gasteiger partial charge in [0, 0.05) is 36.6 Å². The average molecular weight is 346 g/mol. The van der Waals surface area contributed by atoms with E-state index in [1.165, 1.54) is 0 Å². The van der Waals surface area contributed by atoms with Gasteiger partial charge in [-0.1, -0.05) is 62.4 Å². The Labute approximate surface area is 153 Å². The highest BCUT2D eigenvalue weighted by Crippen LogP contribution is 2.26. The Morgan fingerprint density at radius 1 is 0.808 bits per heavy atom. The van der Waals surface area contributed by atoms with Crippen molar-refractivity contribution in [2.45, 2.75) is 26.7 Å². The highest BCUT2D eigenvalue weighted by molar-refractivity contribution is 5.96. The Morgan fingerprint density at radius 3 is 1.73 bits per heavy atom. The van der Waals surface area contributed by atoms with E-state index >= 15 is 0 Å². The molecule has 0 radical (unpaired) electrons. The van der Waals surface area contributed by atoms with E-state index in [0.717, 1.165) is 33.8 Å². The summed E-state index contributed by atoms with van der Waals surface area (Å²) in [4.78, 5) is 28.1. The number of nitrogens with zero attached hydrogens (tertiary/aromatic N) is 2. The molecule has 0 aliphatic rings. The first-order valence-corrected chi connectivity index (χ1v) is 8.84. The predicted molar refractivity (Wildman–Crippen MR) is 103 cm³/mol. The predicted octanol–water partition coefficient (Wildman–Crippen LogP) is 4.94. The number of imidazole rings is 1. The highest BCUT2D eigenvalue weighted by atomic mass is 16.1. The molecule has 26 heavy (non-hydrogen) atoms. The summed E-state index contributed by atoms with van der Waals surface area (Å²) in [6.07, 6.45) is 2.84. The second-order valence-corrected chi connectivity index (χ2v) is 6.23. The van der Waals surface area contributed by atoms with Crippen molar-refractivity contribution in [3.05, 3.63) is 65.9 Å². The molecule has 1 aromatic heterocycles. The fraction of sp³-hybridized carbons (Fsp3) is 0.227. The van der Waals surface area contributed by atoms with Crippen LogP contribution in [0.4, 0.5) is 0 Å². The molecule has 3 rings (SSSR count). The molecule has 1 heterocycles. The number of ketones is 2. The summed E-state index contributed by atoms with van der Waals surface area (Å²) in [5.74, 6) is 1.12. The van der Waals surface area contributed by atoms with Crippen molar-refractivity contribution < 1.29 is 9.59 Å². The van der Waals surface area contributed by atoms with Crippen molar-refractivity contribution in [3.63, 3.8) is 0 Å². The smallest absolute Gasteiger partial charge is 0.162 e. The fourth-order valence-corrected chi connectivity index (χ4v) is 2.99. The normalized spacial score (nSPS) is 10.7. The molecule has 0 unspecified atom stereocenters. The Morgan fingerprint density at radius 2 is 1.27 bits per heavy atom. The van der Waals surface area contributed by atoms with Crippen LogP contribution in [0.3, 0.4) is 0 Å². The van der Waals surface area contributed by atoms with Crippen molar-refractivity contribution in [2.75, 3.05) is 0 Å². The zero-order chi connectivity index (χ0) is 18.7. The van der Waals surface area contributed by atoms with Gasteiger partial charge in [0.05, 0.1) is 11.9 Å². The second kappa shape index (κ2) is 7.48. The summed E-state index contributed by atoms with van der Waals surface area (Å²) in [5.41, 5.74) is 4.40. The molecule has 0 amide bonds. The van der Waals surface area contributed by atoms with Crippen LogP contribution < -0.4 is 0 Å². The van der Waals surface area contributed by atoms with Gasteiger partial charge in [0.15, 0.2) is 11.6 Å². The molecule has 0 N–H and O–H groups in total. The van der Waals surface area contributed by atoms with Crippen LogP contribution in [-0.2, 0) is 7.05 Å². The molecule has 0 aliphatic carbocycles. The zero-order valence-corrected chi connectivity index (χ0v) is 15.3. The molecular weight excluding hydrogens is 324 g/mol. The Kier molecular flexibility index (Phi) is 5.12. The molecule has 4 nitrogen and oxygen atoms in total. The first kappa shape index (κ1) is 17.8. The summed E-state index contributed by atoms with van der Waals surface area (Å²) in [6.45, 7) is 3.73. The molecule has 0 saturated carbocycles. The third kappa shape index (κ3) is 3.36. The first-order valence-electron chi connectivity index (χ1n) is 8.84. The van der Waals surface area contributed by atoms with Crippen molar-refractivity contribution in [1.82, 2.24) is 9.55 Å². The van der Waals surface area contributed by atoms with Crippen LogP contribution in [0.5, 0.6) is 0 Å². The van der Waals surface area contributed by atoms with Crippen LogP contribution in [0.2, 0.25) is 0 Å². The van der Waals surface area contributed by atoms with Crippen LogP contribution in [0.25, 0.3) is 22.6 Å². The van der Waals surface area contributed by atoms with Crippen LogP contribution in [0.15, 0.2) is 54.7 Å². The van der Waals surface area contributed by atoms with Gasteiger partial charge in [-0.3, -0.25) is 9.59 Å². The Balaban J connectivity index is 1.90. The van der Waals surface area contributed by atoms with E-state index in [1.54, 1.807) is 0 Å². The molecule has 0 bridgehead atoms. The number of hydrogen-bond acceptors (Lipinski definition) is 3. The molecule has 2 aromatic carbocycles. The molecule has 0 atom stereocenters. The number of rotatable bonds is 6. The lowest BCUT2D eigenvalue weighted by Crippen LogP contribution is -1.99. The summed E-state index contributed by atoms with van der Waals surface area (Å²) in [5, 5.41) is 0. The van der Waals surface area contributed by atoms with Gasteiger partial charge in [-0.25, -0.2) is 4.98 Å². The number of aromatic nitrogens is 2. The number of Topliss-reactive ketones (excluding diaryl/α,β-unsaturated/α-hetero) is 2. The van der Waals surface area contributed by atoms with E-state index in [-0.39, 0.29) is 11.6 Å². The fourth-order valence-electron chi connectivity index (χ4n) is 2.99. The lowest BCUT2D eigenvalue weighted by atomic mass is 10.1. The maximum absolute atomic E-state index is 11.8. The monoisotopic (exact) mass is 346 g/mol. The van der Waals surface area contributed by atoms with E-state index in [1.807, 2.05) is 80.2 Å². The van der Waals surface area contributed by atoms with Crippen molar-refractivity contribution in [2.24, 2.45) is 7.05 Å². The first-order chi connectivity index (χ1) is 12.5. The number of carbonyl (C=O) groups is 2. The zero-order valence-electron chi connectivity index (χ0n) is 15.3. The minimum Gasteiger partial charge on any atom is -0.327 e. The molecule has 0 spiro atoms. The molecule has 4 heteroatoms. The van der Waals surface area contributed by atoms with Crippen LogP contribution in [0, 0.1) is 0 Å². The van der Waals surface area contributed by atoms with Gasteiger partial charge >= 0.3 is 0 Å². The minimum atomic E-state index is 0.138. The average Bonchev–Trinajstić information content (AvgIpc) is 3.08. The lowest BCUT2D eigenvalue weighted by molar-refractivity contribution is 0.0980. The van der Waals surface area contributed by atoms with Crippen molar-refractivity contribution in [1.29, 1.82) is 0 Å². The largest absolute Gasteiger partial charge is 0.327 e. The van der Waals surface area contributed by atoms with E-state index in [0.29, 0.717) is 12.8 Å². The molecule has 0 fully saturated rings. The van der Waals surface area contributed by atoms with Gasteiger partial charge in [-0.15, -0.1) is 0 Å². The summed E-state index contributed by atoms with van der Waals surface area (Å²) >= 11 is 0. The molecule has 3 aromatic rings. The topological polar surface area (TPSA) is 52.0 Å². The third-order valence-corrected chi connectivity index (χ3v) is 4.60. The van der Waals surface area contributed by atoms with Gasteiger partial charge in [0.1, 0.15) is 5.82 Å². The summed E-state index contributed by atoms with van der Waals surface area (Å²) < 4.78 is 2.02. The van der Waals surface area contributed by atoms with E-state index in [2.05, 4.69) is 4.98 Å². The van der Waals surface area contributed by atoms with Crippen molar-refractivity contribution >= 4 is 11.6 Å². The minimum absolute atomic E-state index is 0.138. The summed E-state index contributed by atoms with van der Waals surface area (Å²) in [6, 6.07) is 15.2.